The van der Waals surface area contributed by atoms with Gasteiger partial charge in [-0.15, -0.1) is 0 Å². The molecule has 0 aliphatic heterocycles. The molecule has 0 bridgehead atoms. The summed E-state index contributed by atoms with van der Waals surface area (Å²) >= 11 is 0. The molecule has 32 heavy (non-hydrogen) atoms. The number of halogens is 3. The van der Waals surface area contributed by atoms with Crippen molar-refractivity contribution in [2.75, 3.05) is 0 Å². The minimum Gasteiger partial charge on any atom is -0.331 e. The summed E-state index contributed by atoms with van der Waals surface area (Å²) in [6.07, 6.45) is -2.17. The fourth-order valence-electron chi connectivity index (χ4n) is 3.60. The van der Waals surface area contributed by atoms with Crippen molar-refractivity contribution in [1.82, 2.24) is 28.9 Å². The molecule has 0 amide bonds. The molecule has 8 nitrogen and oxygen atoms in total. The third-order valence-corrected chi connectivity index (χ3v) is 5.11. The van der Waals surface area contributed by atoms with Gasteiger partial charge in [0, 0.05) is 19.3 Å². The van der Waals surface area contributed by atoms with Gasteiger partial charge in [-0.05, 0) is 37.1 Å². The van der Waals surface area contributed by atoms with Gasteiger partial charge in [-0.1, -0.05) is 19.1 Å². The van der Waals surface area contributed by atoms with Gasteiger partial charge in [0.25, 0.3) is 5.56 Å². The van der Waals surface area contributed by atoms with E-state index >= 15 is 0 Å². The van der Waals surface area contributed by atoms with Crippen LogP contribution in [0.1, 0.15) is 31.4 Å². The molecule has 3 heterocycles. The molecule has 1 aromatic carbocycles. The van der Waals surface area contributed by atoms with Crippen molar-refractivity contribution in [1.29, 1.82) is 0 Å². The van der Waals surface area contributed by atoms with Gasteiger partial charge in [0.1, 0.15) is 11.2 Å². The first-order valence-corrected chi connectivity index (χ1v) is 10.2. The average molecular weight is 446 g/mol. The molecule has 0 atom stereocenters. The van der Waals surface area contributed by atoms with Crippen molar-refractivity contribution < 1.29 is 13.2 Å². The number of aromatic amines is 1. The molecular formula is C21H21F3N6O2. The highest BCUT2D eigenvalue weighted by Crippen LogP contribution is 2.29. The number of benzene rings is 1. The lowest BCUT2D eigenvalue weighted by atomic mass is 10.1. The monoisotopic (exact) mass is 446 g/mol. The molecule has 1 N–H and O–H groups in total. The molecule has 0 saturated carbocycles. The summed E-state index contributed by atoms with van der Waals surface area (Å²) in [5.74, 6) is 0.302. The smallest absolute Gasteiger partial charge is 0.331 e. The van der Waals surface area contributed by atoms with E-state index in [-0.39, 0.29) is 17.7 Å². The summed E-state index contributed by atoms with van der Waals surface area (Å²) in [5.41, 5.74) is -0.273. The highest BCUT2D eigenvalue weighted by Gasteiger charge is 2.30. The fraction of sp³-hybridized carbons (Fsp3) is 0.333. The Labute approximate surface area is 179 Å². The zero-order valence-corrected chi connectivity index (χ0v) is 17.5. The molecule has 4 aromatic rings. The lowest BCUT2D eigenvalue weighted by Gasteiger charge is -2.08. The van der Waals surface area contributed by atoms with Crippen LogP contribution in [0.15, 0.2) is 46.1 Å². The van der Waals surface area contributed by atoms with E-state index in [0.717, 1.165) is 12.1 Å². The van der Waals surface area contributed by atoms with Crippen LogP contribution < -0.4 is 11.2 Å². The molecule has 4 rings (SSSR count). The van der Waals surface area contributed by atoms with Crippen LogP contribution in [-0.2, 0) is 25.8 Å². The number of hydrogen-bond acceptors (Lipinski definition) is 4. The van der Waals surface area contributed by atoms with Crippen molar-refractivity contribution >= 4 is 11.2 Å². The predicted molar refractivity (Wildman–Crippen MR) is 112 cm³/mol. The zero-order valence-electron chi connectivity index (χ0n) is 17.5. The lowest BCUT2D eigenvalue weighted by Crippen LogP contribution is -2.39. The van der Waals surface area contributed by atoms with Crippen LogP contribution in [0.4, 0.5) is 13.2 Å². The van der Waals surface area contributed by atoms with E-state index in [1.807, 2.05) is 6.92 Å². The van der Waals surface area contributed by atoms with Crippen LogP contribution in [0.3, 0.4) is 0 Å². The Balaban J connectivity index is 1.70. The maximum atomic E-state index is 12.9. The van der Waals surface area contributed by atoms with Crippen molar-refractivity contribution in [2.24, 2.45) is 0 Å². The van der Waals surface area contributed by atoms with E-state index in [1.165, 1.54) is 19.9 Å². The fourth-order valence-corrected chi connectivity index (χ4v) is 3.60. The van der Waals surface area contributed by atoms with E-state index in [9.17, 15) is 22.8 Å². The quantitative estimate of drug-likeness (QED) is 0.492. The summed E-state index contributed by atoms with van der Waals surface area (Å²) in [7, 11) is 0. The number of fused-ring (bicyclic) bond motifs is 1. The Morgan fingerprint density at radius 2 is 1.88 bits per heavy atom. The molecule has 11 heteroatoms. The van der Waals surface area contributed by atoms with Crippen LogP contribution in [0.2, 0.25) is 0 Å². The first kappa shape index (κ1) is 21.6. The number of imidazole rings is 1. The summed E-state index contributed by atoms with van der Waals surface area (Å²) in [5, 5.41) is 4.37. The van der Waals surface area contributed by atoms with E-state index in [4.69, 9.17) is 0 Å². The van der Waals surface area contributed by atoms with Gasteiger partial charge in [-0.2, -0.15) is 18.3 Å². The van der Waals surface area contributed by atoms with Crippen LogP contribution in [-0.4, -0.2) is 28.9 Å². The molecule has 0 fully saturated rings. The Kier molecular flexibility index (Phi) is 5.49. The third-order valence-electron chi connectivity index (χ3n) is 5.11. The minimum atomic E-state index is -4.42. The van der Waals surface area contributed by atoms with Crippen molar-refractivity contribution in [3.63, 3.8) is 0 Å². The lowest BCUT2D eigenvalue weighted by molar-refractivity contribution is -0.137. The third kappa shape index (κ3) is 3.85. The standard InChI is InChI=1S/C21H21F3N6O2/c1-3-9-30-19(31)16-18(29(4-2)20(30)32)26-17(25-16)15-8-10-28(27-15)12-13-6-5-7-14(11-13)21(22,23)24/h5-8,10-11H,3-4,9,12H2,1-2H3,(H,25,26). The van der Waals surface area contributed by atoms with Crippen LogP contribution in [0.5, 0.6) is 0 Å². The van der Waals surface area contributed by atoms with Gasteiger partial charge in [-0.25, -0.2) is 9.78 Å². The highest BCUT2D eigenvalue weighted by atomic mass is 19.4. The Morgan fingerprint density at radius 1 is 1.09 bits per heavy atom. The molecule has 168 valence electrons. The van der Waals surface area contributed by atoms with Crippen LogP contribution >= 0.6 is 0 Å². The maximum absolute atomic E-state index is 12.9. The molecule has 0 aliphatic rings. The average Bonchev–Trinajstić information content (AvgIpc) is 3.39. The second kappa shape index (κ2) is 8.13. The normalized spacial score (nSPS) is 12.0. The first-order chi connectivity index (χ1) is 15.2. The van der Waals surface area contributed by atoms with Crippen molar-refractivity contribution in [2.45, 2.75) is 46.1 Å². The van der Waals surface area contributed by atoms with Gasteiger partial charge in [0.15, 0.2) is 11.5 Å². The predicted octanol–water partition coefficient (Wildman–Crippen LogP) is 3.25. The second-order valence-electron chi connectivity index (χ2n) is 7.36. The van der Waals surface area contributed by atoms with Crippen LogP contribution in [0.25, 0.3) is 22.7 Å². The molecular weight excluding hydrogens is 425 g/mol. The SMILES string of the molecule is CCCn1c(=O)c2[nH]c(-c3ccn(Cc4cccc(C(F)(F)F)c4)n3)nc2n(CC)c1=O. The van der Waals surface area contributed by atoms with Crippen molar-refractivity contribution in [3.8, 4) is 11.5 Å². The van der Waals surface area contributed by atoms with E-state index in [0.29, 0.717) is 36.6 Å². The van der Waals surface area contributed by atoms with E-state index in [2.05, 4.69) is 15.1 Å². The number of nitrogens with one attached hydrogen (secondary N) is 1. The second-order valence-corrected chi connectivity index (χ2v) is 7.36. The molecule has 0 unspecified atom stereocenters. The highest BCUT2D eigenvalue weighted by molar-refractivity contribution is 5.74. The summed E-state index contributed by atoms with van der Waals surface area (Å²) in [6, 6.07) is 6.69. The zero-order chi connectivity index (χ0) is 23.0. The topological polar surface area (TPSA) is 90.5 Å². The molecule has 0 aliphatic carbocycles. The van der Waals surface area contributed by atoms with Crippen LogP contribution in [0, 0.1) is 0 Å². The molecule has 0 radical (unpaired) electrons. The Bertz CT molecular complexity index is 1390. The number of alkyl halides is 3. The Morgan fingerprint density at radius 3 is 2.56 bits per heavy atom. The molecule has 0 saturated heterocycles. The first-order valence-electron chi connectivity index (χ1n) is 10.2. The molecule has 3 aromatic heterocycles. The van der Waals surface area contributed by atoms with Gasteiger partial charge in [0.05, 0.1) is 12.1 Å². The summed E-state index contributed by atoms with van der Waals surface area (Å²) in [6.45, 7) is 4.44. The molecule has 0 spiro atoms. The maximum Gasteiger partial charge on any atom is 0.416 e. The van der Waals surface area contributed by atoms with Crippen molar-refractivity contribution in [3.05, 3.63) is 68.5 Å². The minimum absolute atomic E-state index is 0.132. The Hall–Kier alpha value is -3.63. The van der Waals surface area contributed by atoms with E-state index in [1.54, 1.807) is 25.3 Å². The number of nitrogens with zero attached hydrogens (tertiary/aromatic N) is 5. The number of aromatic nitrogens is 6. The van der Waals surface area contributed by atoms with Gasteiger partial charge in [0.2, 0.25) is 0 Å². The number of aryl methyl sites for hydroxylation is 1. The van der Waals surface area contributed by atoms with Gasteiger partial charge < -0.3 is 4.98 Å². The number of rotatable bonds is 6. The number of hydrogen-bond donors (Lipinski definition) is 1. The van der Waals surface area contributed by atoms with Gasteiger partial charge >= 0.3 is 11.9 Å². The van der Waals surface area contributed by atoms with E-state index < -0.39 is 23.0 Å². The van der Waals surface area contributed by atoms with Gasteiger partial charge in [-0.3, -0.25) is 18.6 Å². The summed E-state index contributed by atoms with van der Waals surface area (Å²) in [4.78, 5) is 32.8. The largest absolute Gasteiger partial charge is 0.416 e. The number of H-pyrrole nitrogens is 1. The summed E-state index contributed by atoms with van der Waals surface area (Å²) < 4.78 is 42.9.